The Labute approximate surface area is 147 Å². The van der Waals surface area contributed by atoms with E-state index < -0.39 is 35.1 Å². The number of ether oxygens (including phenoxy) is 1. The molecule has 1 aromatic heterocycles. The summed E-state index contributed by atoms with van der Waals surface area (Å²) in [5.41, 5.74) is -3.10. The second-order valence-corrected chi connectivity index (χ2v) is 6.07. The lowest BCUT2D eigenvalue weighted by Crippen LogP contribution is -2.11. The molecule has 1 aromatic carbocycles. The fourth-order valence-corrected chi connectivity index (χ4v) is 2.87. The summed E-state index contributed by atoms with van der Waals surface area (Å²) in [4.78, 5) is 15.8. The second kappa shape index (κ2) is 7.14. The molecule has 0 aliphatic heterocycles. The van der Waals surface area contributed by atoms with E-state index in [1.165, 1.54) is 6.92 Å². The van der Waals surface area contributed by atoms with E-state index in [-0.39, 0.29) is 28.4 Å². The van der Waals surface area contributed by atoms with Crippen molar-refractivity contribution in [3.05, 3.63) is 39.9 Å². The number of alkyl halides is 6. The van der Waals surface area contributed by atoms with Crippen LogP contribution in [0.3, 0.4) is 0 Å². The highest BCUT2D eigenvalue weighted by Gasteiger charge is 2.37. The average molecular weight is 398 g/mol. The Balaban J connectivity index is 2.40. The second-order valence-electron chi connectivity index (χ2n) is 5.07. The molecule has 1 heterocycles. The molecule has 0 unspecified atom stereocenters. The van der Waals surface area contributed by atoms with Gasteiger partial charge in [0, 0.05) is 5.69 Å². The van der Waals surface area contributed by atoms with Crippen LogP contribution in [0.4, 0.5) is 37.2 Å². The maximum atomic E-state index is 12.9. The number of carbonyl (C=O) groups excluding carboxylic acids is 1. The number of esters is 1. The molecule has 2 rings (SSSR count). The van der Waals surface area contributed by atoms with Crippen LogP contribution >= 0.6 is 11.3 Å². The van der Waals surface area contributed by atoms with E-state index in [1.807, 2.05) is 0 Å². The standard InChI is InChI=1S/C15H12F6N2O2S/c1-3-25-12(24)11-7(2)22-13(26-11)23-10-5-8(14(16,17)18)4-9(6-10)15(19,20)21/h4-6H,3H2,1-2H3,(H,22,23). The smallest absolute Gasteiger partial charge is 0.416 e. The molecular formula is C15H12F6N2O2S. The van der Waals surface area contributed by atoms with Crippen molar-refractivity contribution in [1.29, 1.82) is 0 Å². The van der Waals surface area contributed by atoms with Crippen molar-refractivity contribution in [2.24, 2.45) is 0 Å². The van der Waals surface area contributed by atoms with Gasteiger partial charge in [-0.15, -0.1) is 0 Å². The first kappa shape index (κ1) is 20.0. The van der Waals surface area contributed by atoms with E-state index in [9.17, 15) is 31.1 Å². The Morgan fingerprint density at radius 2 is 1.65 bits per heavy atom. The molecule has 0 amide bonds. The minimum atomic E-state index is -4.95. The van der Waals surface area contributed by atoms with Gasteiger partial charge in [0.2, 0.25) is 0 Å². The van der Waals surface area contributed by atoms with Crippen molar-refractivity contribution in [2.75, 3.05) is 11.9 Å². The molecule has 26 heavy (non-hydrogen) atoms. The third kappa shape index (κ3) is 4.65. The van der Waals surface area contributed by atoms with Crippen LogP contribution in [-0.4, -0.2) is 17.6 Å². The normalized spacial score (nSPS) is 12.2. The molecule has 4 nitrogen and oxygen atoms in total. The van der Waals surface area contributed by atoms with Gasteiger partial charge in [0.25, 0.3) is 0 Å². The minimum Gasteiger partial charge on any atom is -0.462 e. The Morgan fingerprint density at radius 1 is 1.12 bits per heavy atom. The number of nitrogens with zero attached hydrogens (tertiary/aromatic N) is 1. The largest absolute Gasteiger partial charge is 0.462 e. The van der Waals surface area contributed by atoms with E-state index >= 15 is 0 Å². The number of carbonyl (C=O) groups is 1. The summed E-state index contributed by atoms with van der Waals surface area (Å²) in [6.45, 7) is 3.18. The van der Waals surface area contributed by atoms with E-state index in [2.05, 4.69) is 10.3 Å². The monoisotopic (exact) mass is 398 g/mol. The predicted octanol–water partition coefficient (Wildman–Crippen LogP) is 5.41. The van der Waals surface area contributed by atoms with Crippen LogP contribution in [0.15, 0.2) is 18.2 Å². The van der Waals surface area contributed by atoms with Crippen LogP contribution in [0.2, 0.25) is 0 Å². The number of nitrogens with one attached hydrogen (secondary N) is 1. The van der Waals surface area contributed by atoms with Gasteiger partial charge in [-0.25, -0.2) is 9.78 Å². The van der Waals surface area contributed by atoms with Gasteiger partial charge in [-0.1, -0.05) is 11.3 Å². The summed E-state index contributed by atoms with van der Waals surface area (Å²) in [5, 5.41) is 2.36. The Kier molecular flexibility index (Phi) is 5.49. The summed E-state index contributed by atoms with van der Waals surface area (Å²) in [7, 11) is 0. The van der Waals surface area contributed by atoms with Gasteiger partial charge in [0.15, 0.2) is 5.13 Å². The van der Waals surface area contributed by atoms with Crippen molar-refractivity contribution >= 4 is 28.1 Å². The van der Waals surface area contributed by atoms with Crippen molar-refractivity contribution < 1.29 is 35.9 Å². The lowest BCUT2D eigenvalue weighted by atomic mass is 10.1. The fourth-order valence-electron chi connectivity index (χ4n) is 1.99. The van der Waals surface area contributed by atoms with Gasteiger partial charge < -0.3 is 10.1 Å². The fraction of sp³-hybridized carbons (Fsp3) is 0.333. The summed E-state index contributed by atoms with van der Waals surface area (Å²) in [5.74, 6) is -0.671. The van der Waals surface area contributed by atoms with Crippen molar-refractivity contribution in [1.82, 2.24) is 4.98 Å². The molecule has 0 radical (unpaired) electrons. The number of benzene rings is 1. The zero-order chi connectivity index (χ0) is 19.7. The maximum Gasteiger partial charge on any atom is 0.416 e. The molecule has 0 aliphatic carbocycles. The number of hydrogen-bond acceptors (Lipinski definition) is 5. The third-order valence-electron chi connectivity index (χ3n) is 3.10. The summed E-state index contributed by atoms with van der Waals surface area (Å²) >= 11 is 0.770. The number of rotatable bonds is 4. The molecule has 0 spiro atoms. The van der Waals surface area contributed by atoms with Crippen molar-refractivity contribution in [3.8, 4) is 0 Å². The molecule has 0 saturated heterocycles. The first-order valence-electron chi connectivity index (χ1n) is 7.13. The molecule has 0 aliphatic rings. The predicted molar refractivity (Wildman–Crippen MR) is 82.5 cm³/mol. The Hall–Kier alpha value is -2.30. The van der Waals surface area contributed by atoms with Crippen LogP contribution < -0.4 is 5.32 Å². The number of aryl methyl sites for hydroxylation is 1. The highest BCUT2D eigenvalue weighted by atomic mass is 32.1. The number of aromatic nitrogens is 1. The lowest BCUT2D eigenvalue weighted by Gasteiger charge is -2.14. The third-order valence-corrected chi connectivity index (χ3v) is 4.15. The van der Waals surface area contributed by atoms with Crippen LogP contribution in [0.25, 0.3) is 0 Å². The molecule has 0 atom stereocenters. The number of thiazole rings is 1. The van der Waals surface area contributed by atoms with Crippen molar-refractivity contribution in [2.45, 2.75) is 26.2 Å². The SMILES string of the molecule is CCOC(=O)c1sc(Nc2cc(C(F)(F)F)cc(C(F)(F)F)c2)nc1C. The summed E-state index contributed by atoms with van der Waals surface area (Å²) in [6, 6.07) is 1.11. The van der Waals surface area contributed by atoms with Gasteiger partial charge >= 0.3 is 18.3 Å². The Bertz CT molecular complexity index is 781. The van der Waals surface area contributed by atoms with Gasteiger partial charge in [-0.05, 0) is 32.0 Å². The number of anilines is 2. The zero-order valence-corrected chi connectivity index (χ0v) is 14.2. The highest BCUT2D eigenvalue weighted by molar-refractivity contribution is 7.17. The zero-order valence-electron chi connectivity index (χ0n) is 13.4. The highest BCUT2D eigenvalue weighted by Crippen LogP contribution is 2.38. The van der Waals surface area contributed by atoms with Crippen LogP contribution in [0, 0.1) is 6.92 Å². The molecule has 2 aromatic rings. The molecule has 0 saturated carbocycles. The molecule has 1 N–H and O–H groups in total. The number of halogens is 6. The minimum absolute atomic E-state index is 0.0296. The first-order chi connectivity index (χ1) is 11.9. The molecular weight excluding hydrogens is 386 g/mol. The molecule has 11 heteroatoms. The van der Waals surface area contributed by atoms with Crippen LogP contribution in [0.5, 0.6) is 0 Å². The van der Waals surface area contributed by atoms with Gasteiger partial charge in [-0.3, -0.25) is 0 Å². The van der Waals surface area contributed by atoms with Crippen molar-refractivity contribution in [3.63, 3.8) is 0 Å². The van der Waals surface area contributed by atoms with Gasteiger partial charge in [0.1, 0.15) is 4.88 Å². The number of hydrogen-bond donors (Lipinski definition) is 1. The first-order valence-corrected chi connectivity index (χ1v) is 7.94. The Morgan fingerprint density at radius 3 is 2.12 bits per heavy atom. The van der Waals surface area contributed by atoms with Gasteiger partial charge in [0.05, 0.1) is 23.4 Å². The van der Waals surface area contributed by atoms with E-state index in [4.69, 9.17) is 4.74 Å². The quantitative estimate of drug-likeness (QED) is 0.553. The van der Waals surface area contributed by atoms with E-state index in [0.29, 0.717) is 12.1 Å². The van der Waals surface area contributed by atoms with Crippen LogP contribution in [0.1, 0.15) is 33.4 Å². The average Bonchev–Trinajstić information content (AvgIpc) is 2.86. The van der Waals surface area contributed by atoms with Gasteiger partial charge in [-0.2, -0.15) is 26.3 Å². The molecule has 142 valence electrons. The van der Waals surface area contributed by atoms with E-state index in [1.54, 1.807) is 6.92 Å². The molecule has 0 bridgehead atoms. The topological polar surface area (TPSA) is 51.2 Å². The lowest BCUT2D eigenvalue weighted by molar-refractivity contribution is -0.143. The summed E-state index contributed by atoms with van der Waals surface area (Å²) < 4.78 is 82.0. The maximum absolute atomic E-state index is 12.9. The van der Waals surface area contributed by atoms with E-state index in [0.717, 1.165) is 11.3 Å². The van der Waals surface area contributed by atoms with Crippen LogP contribution in [-0.2, 0) is 17.1 Å². The summed E-state index contributed by atoms with van der Waals surface area (Å²) in [6.07, 6.45) is -9.90. The molecule has 0 fully saturated rings.